The number of hydrogen-bond donors (Lipinski definition) is 0. The molecule has 1 amide bonds. The van der Waals surface area contributed by atoms with Gasteiger partial charge in [-0.05, 0) is 72.1 Å². The largest absolute Gasteiger partial charge is 0.444 e. The molecule has 2 heterocycles. The van der Waals surface area contributed by atoms with E-state index in [1.54, 1.807) is 0 Å². The summed E-state index contributed by atoms with van der Waals surface area (Å²) in [7, 11) is 0. The van der Waals surface area contributed by atoms with Gasteiger partial charge in [-0.2, -0.15) is 0 Å². The average Bonchev–Trinajstić information content (AvgIpc) is 2.66. The first-order valence-electron chi connectivity index (χ1n) is 11.3. The summed E-state index contributed by atoms with van der Waals surface area (Å²) in [5.41, 5.74) is 0.933. The van der Waals surface area contributed by atoms with E-state index in [9.17, 15) is 4.79 Å². The highest BCUT2D eigenvalue weighted by molar-refractivity contribution is 9.10. The van der Waals surface area contributed by atoms with Crippen LogP contribution in [0.15, 0.2) is 28.7 Å². The molecule has 1 aromatic carbocycles. The van der Waals surface area contributed by atoms with Crippen LogP contribution < -0.4 is 0 Å². The summed E-state index contributed by atoms with van der Waals surface area (Å²) in [5, 5.41) is 0. The van der Waals surface area contributed by atoms with Gasteiger partial charge < -0.3 is 9.64 Å². The molecule has 2 aliphatic rings. The normalized spacial score (nSPS) is 27.7. The summed E-state index contributed by atoms with van der Waals surface area (Å²) in [6.45, 7) is 16.7. The molecule has 6 heteroatoms. The molecular formula is C24H38BrN3O2. The van der Waals surface area contributed by atoms with Crippen molar-refractivity contribution in [2.75, 3.05) is 26.2 Å². The molecule has 4 unspecified atom stereocenters. The van der Waals surface area contributed by atoms with Crippen molar-refractivity contribution in [2.24, 2.45) is 0 Å². The van der Waals surface area contributed by atoms with Crippen LogP contribution in [0.2, 0.25) is 0 Å². The Balaban J connectivity index is 1.54. The fourth-order valence-electron chi connectivity index (χ4n) is 4.91. The molecule has 2 saturated heterocycles. The molecule has 5 nitrogen and oxygen atoms in total. The minimum Gasteiger partial charge on any atom is -0.444 e. The van der Waals surface area contributed by atoms with Crippen molar-refractivity contribution < 1.29 is 9.53 Å². The Hall–Kier alpha value is -1.11. The summed E-state index contributed by atoms with van der Waals surface area (Å²) >= 11 is 3.53. The molecule has 0 aliphatic carbocycles. The molecule has 0 aromatic heterocycles. The van der Waals surface area contributed by atoms with Crippen molar-refractivity contribution >= 4 is 22.0 Å². The molecule has 2 fully saturated rings. The maximum Gasteiger partial charge on any atom is 0.410 e. The van der Waals surface area contributed by atoms with Crippen molar-refractivity contribution in [3.05, 3.63) is 34.3 Å². The summed E-state index contributed by atoms with van der Waals surface area (Å²) < 4.78 is 6.73. The zero-order chi connectivity index (χ0) is 22.1. The number of carbonyl (C=O) groups excluding carboxylic acids is 1. The Kier molecular flexibility index (Phi) is 7.52. The number of hydrogen-bond acceptors (Lipinski definition) is 4. The van der Waals surface area contributed by atoms with Crippen LogP contribution in [0.5, 0.6) is 0 Å². The first kappa shape index (κ1) is 23.6. The van der Waals surface area contributed by atoms with E-state index in [-0.39, 0.29) is 12.1 Å². The van der Waals surface area contributed by atoms with Crippen LogP contribution in [0.4, 0.5) is 4.79 Å². The molecular weight excluding hydrogens is 442 g/mol. The number of halogens is 1. The number of likely N-dealkylation sites (tertiary alicyclic amines) is 1. The predicted octanol–water partition coefficient (Wildman–Crippen LogP) is 5.30. The van der Waals surface area contributed by atoms with Crippen molar-refractivity contribution in [2.45, 2.75) is 84.2 Å². The van der Waals surface area contributed by atoms with Gasteiger partial charge in [0.1, 0.15) is 5.60 Å². The second kappa shape index (κ2) is 9.58. The lowest BCUT2D eigenvalue weighted by Gasteiger charge is -2.48. The molecule has 0 spiro atoms. The Morgan fingerprint density at radius 3 is 2.33 bits per heavy atom. The van der Waals surface area contributed by atoms with E-state index in [0.29, 0.717) is 18.1 Å². The Morgan fingerprint density at radius 2 is 1.77 bits per heavy atom. The van der Waals surface area contributed by atoms with Crippen LogP contribution in [0.1, 0.15) is 66.0 Å². The van der Waals surface area contributed by atoms with E-state index in [2.05, 4.69) is 70.8 Å². The number of amides is 1. The lowest BCUT2D eigenvalue weighted by atomic mass is 9.95. The van der Waals surface area contributed by atoms with Crippen molar-refractivity contribution in [1.82, 2.24) is 14.7 Å². The third kappa shape index (κ3) is 5.77. The van der Waals surface area contributed by atoms with E-state index in [4.69, 9.17) is 4.74 Å². The quantitative estimate of drug-likeness (QED) is 0.588. The van der Waals surface area contributed by atoms with Crippen LogP contribution in [0, 0.1) is 0 Å². The number of carbonyl (C=O) groups is 1. The third-order valence-corrected chi connectivity index (χ3v) is 7.08. The Labute approximate surface area is 190 Å². The summed E-state index contributed by atoms with van der Waals surface area (Å²) in [6, 6.07) is 10.4. The van der Waals surface area contributed by atoms with Crippen LogP contribution in [0.3, 0.4) is 0 Å². The maximum atomic E-state index is 12.5. The van der Waals surface area contributed by atoms with Gasteiger partial charge in [-0.15, -0.1) is 0 Å². The first-order valence-corrected chi connectivity index (χ1v) is 12.1. The standard InChI is InChI=1S/C24H38BrN3O2/c1-17-15-22(11-12-28(17)23(29)30-24(4,5)6)26-13-14-27(18(2)16-26)19(3)20-7-9-21(25)10-8-20/h7-10,17-19,22H,11-16H2,1-6H3. The second-order valence-corrected chi connectivity index (χ2v) is 10.9. The lowest BCUT2D eigenvalue weighted by Crippen LogP contribution is -2.58. The first-order chi connectivity index (χ1) is 14.0. The van der Waals surface area contributed by atoms with Crippen molar-refractivity contribution in [3.63, 3.8) is 0 Å². The van der Waals surface area contributed by atoms with E-state index in [1.807, 2.05) is 25.7 Å². The number of benzene rings is 1. The van der Waals surface area contributed by atoms with E-state index >= 15 is 0 Å². The minimum atomic E-state index is -0.440. The Bertz CT molecular complexity index is 718. The minimum absolute atomic E-state index is 0.171. The molecule has 0 bridgehead atoms. The van der Waals surface area contributed by atoms with Crippen LogP contribution in [0.25, 0.3) is 0 Å². The van der Waals surface area contributed by atoms with Gasteiger partial charge in [0.05, 0.1) is 0 Å². The van der Waals surface area contributed by atoms with Gasteiger partial charge in [0.25, 0.3) is 0 Å². The SMILES string of the molecule is CC1CC(N2CCN(C(C)c3ccc(Br)cc3)C(C)C2)CCN1C(=O)OC(C)(C)C. The number of piperazine rings is 1. The Morgan fingerprint density at radius 1 is 1.10 bits per heavy atom. The van der Waals surface area contributed by atoms with E-state index < -0.39 is 5.60 Å². The van der Waals surface area contributed by atoms with Gasteiger partial charge >= 0.3 is 6.09 Å². The van der Waals surface area contributed by atoms with Crippen molar-refractivity contribution in [1.29, 1.82) is 0 Å². The molecule has 168 valence electrons. The van der Waals surface area contributed by atoms with Crippen molar-refractivity contribution in [3.8, 4) is 0 Å². The van der Waals surface area contributed by atoms with Crippen LogP contribution in [-0.4, -0.2) is 70.7 Å². The number of piperidine rings is 1. The molecule has 30 heavy (non-hydrogen) atoms. The van der Waals surface area contributed by atoms with Gasteiger partial charge in [0.15, 0.2) is 0 Å². The van der Waals surface area contributed by atoms with E-state index in [1.165, 1.54) is 5.56 Å². The topological polar surface area (TPSA) is 36.0 Å². The molecule has 2 aliphatic heterocycles. The van der Waals surface area contributed by atoms with E-state index in [0.717, 1.165) is 43.5 Å². The maximum absolute atomic E-state index is 12.5. The summed E-state index contributed by atoms with van der Waals surface area (Å²) in [5.74, 6) is 0. The van der Waals surface area contributed by atoms with Gasteiger partial charge in [-0.25, -0.2) is 4.79 Å². The third-order valence-electron chi connectivity index (χ3n) is 6.55. The number of nitrogens with zero attached hydrogens (tertiary/aromatic N) is 3. The van der Waals surface area contributed by atoms with Crippen LogP contribution in [-0.2, 0) is 4.74 Å². The summed E-state index contributed by atoms with van der Waals surface area (Å²) in [6.07, 6.45) is 1.88. The molecule has 1 aromatic rings. The lowest BCUT2D eigenvalue weighted by molar-refractivity contribution is -0.0145. The van der Waals surface area contributed by atoms with Gasteiger partial charge in [0.2, 0.25) is 0 Å². The molecule has 0 radical (unpaired) electrons. The smallest absolute Gasteiger partial charge is 0.410 e. The highest BCUT2D eigenvalue weighted by atomic mass is 79.9. The fourth-order valence-corrected chi connectivity index (χ4v) is 5.17. The number of rotatable bonds is 3. The van der Waals surface area contributed by atoms with Crippen LogP contribution >= 0.6 is 15.9 Å². The average molecular weight is 480 g/mol. The summed E-state index contributed by atoms with van der Waals surface area (Å²) in [4.78, 5) is 19.7. The zero-order valence-corrected chi connectivity index (χ0v) is 21.0. The van der Waals surface area contributed by atoms with Gasteiger partial charge in [0, 0.05) is 54.8 Å². The molecule has 3 rings (SSSR count). The molecule has 4 atom stereocenters. The zero-order valence-electron chi connectivity index (χ0n) is 19.4. The fraction of sp³-hybridized carbons (Fsp3) is 0.708. The number of ether oxygens (including phenoxy) is 1. The monoisotopic (exact) mass is 479 g/mol. The molecule has 0 saturated carbocycles. The van der Waals surface area contributed by atoms with Gasteiger partial charge in [-0.1, -0.05) is 28.1 Å². The molecule has 0 N–H and O–H groups in total. The highest BCUT2D eigenvalue weighted by Gasteiger charge is 2.37. The van der Waals surface area contributed by atoms with Gasteiger partial charge in [-0.3, -0.25) is 9.80 Å². The second-order valence-electron chi connectivity index (χ2n) is 10.0. The highest BCUT2D eigenvalue weighted by Crippen LogP contribution is 2.30. The predicted molar refractivity (Wildman–Crippen MR) is 126 cm³/mol.